The molecule has 0 aliphatic heterocycles. The average Bonchev–Trinajstić information content (AvgIpc) is 2.50. The van der Waals surface area contributed by atoms with Crippen molar-refractivity contribution in [2.45, 2.75) is 19.5 Å². The number of aryl methyl sites for hydroxylation is 1. The molecule has 10 heteroatoms. The van der Waals surface area contributed by atoms with Crippen LogP contribution < -0.4 is 16.0 Å². The molecule has 2 aromatic rings. The Morgan fingerprint density at radius 3 is 2.56 bits per heavy atom. The van der Waals surface area contributed by atoms with E-state index in [1.54, 1.807) is 31.3 Å². The first-order valence-electron chi connectivity index (χ1n) is 7.43. The Bertz CT molecular complexity index is 708. The zero-order valence-electron chi connectivity index (χ0n) is 13.4. The molecule has 25 heavy (non-hydrogen) atoms. The van der Waals surface area contributed by atoms with Crippen LogP contribution in [0.4, 0.5) is 30.6 Å². The summed E-state index contributed by atoms with van der Waals surface area (Å²) in [5.74, 6) is 1.06. The molecule has 134 valence electrons. The number of carbonyl (C=O) groups is 1. The van der Waals surface area contributed by atoms with Crippen LogP contribution in [0.1, 0.15) is 12.2 Å². The van der Waals surface area contributed by atoms with Gasteiger partial charge in [-0.3, -0.25) is 4.79 Å². The van der Waals surface area contributed by atoms with Gasteiger partial charge in [-0.2, -0.15) is 13.2 Å². The predicted molar refractivity (Wildman–Crippen MR) is 86.5 cm³/mol. The van der Waals surface area contributed by atoms with Gasteiger partial charge in [-0.15, -0.1) is 0 Å². The third-order valence-electron chi connectivity index (χ3n) is 2.87. The molecule has 0 aliphatic carbocycles. The van der Waals surface area contributed by atoms with Crippen molar-refractivity contribution in [2.24, 2.45) is 0 Å². The van der Waals surface area contributed by atoms with Crippen LogP contribution in [0.3, 0.4) is 0 Å². The Labute approximate surface area is 142 Å². The van der Waals surface area contributed by atoms with Gasteiger partial charge in [-0.1, -0.05) is 6.07 Å². The second kappa shape index (κ2) is 8.27. The van der Waals surface area contributed by atoms with E-state index in [-0.39, 0.29) is 13.1 Å². The summed E-state index contributed by atoms with van der Waals surface area (Å²) in [4.78, 5) is 23.6. The smallest absolute Gasteiger partial charge is 0.368 e. The van der Waals surface area contributed by atoms with E-state index >= 15 is 0 Å². The zero-order chi connectivity index (χ0) is 18.3. The number of anilines is 3. The highest BCUT2D eigenvalue weighted by Gasteiger charge is 2.30. The largest absolute Gasteiger partial charge is 0.397 e. The maximum atomic E-state index is 12.0. The van der Waals surface area contributed by atoms with Crippen LogP contribution in [-0.2, 0) is 4.79 Å². The van der Waals surface area contributed by atoms with Crippen molar-refractivity contribution in [3.05, 3.63) is 36.3 Å². The van der Waals surface area contributed by atoms with Gasteiger partial charge in [0.1, 0.15) is 29.7 Å². The average molecular weight is 354 g/mol. The summed E-state index contributed by atoms with van der Waals surface area (Å²) in [6, 6.07) is 7.03. The summed E-state index contributed by atoms with van der Waals surface area (Å²) in [6.45, 7) is 1.98. The van der Waals surface area contributed by atoms with Gasteiger partial charge in [-0.05, 0) is 19.1 Å². The van der Waals surface area contributed by atoms with E-state index in [2.05, 4.69) is 30.9 Å². The standard InChI is InChI=1S/C15H17F3N6O/c1-10-22-12(20-6-7-21-14(25)9-15(16,17)18)8-13(23-10)24-11-4-2-3-5-19-11/h2-5,8H,6-7,9H2,1H3,(H,21,25)(H2,19,20,22,23,24). The lowest BCUT2D eigenvalue weighted by molar-refractivity contribution is -0.153. The van der Waals surface area contributed by atoms with E-state index in [4.69, 9.17) is 0 Å². The molecular weight excluding hydrogens is 337 g/mol. The molecule has 0 radical (unpaired) electrons. The van der Waals surface area contributed by atoms with Crippen LogP contribution in [0.15, 0.2) is 30.5 Å². The minimum absolute atomic E-state index is 0.0426. The van der Waals surface area contributed by atoms with Gasteiger partial charge in [0.2, 0.25) is 5.91 Å². The molecular formula is C15H17F3N6O. The summed E-state index contributed by atoms with van der Waals surface area (Å²) in [6.07, 6.45) is -4.36. The molecule has 0 bridgehead atoms. The van der Waals surface area contributed by atoms with Crippen LogP contribution in [0.5, 0.6) is 0 Å². The topological polar surface area (TPSA) is 91.8 Å². The van der Waals surface area contributed by atoms with E-state index in [9.17, 15) is 18.0 Å². The Morgan fingerprint density at radius 2 is 1.88 bits per heavy atom. The molecule has 0 unspecified atom stereocenters. The minimum Gasteiger partial charge on any atom is -0.368 e. The number of alkyl halides is 3. The first kappa shape index (κ1) is 18.4. The molecule has 0 spiro atoms. The zero-order valence-corrected chi connectivity index (χ0v) is 13.4. The number of halogens is 3. The normalized spacial score (nSPS) is 11.0. The Morgan fingerprint density at radius 1 is 1.12 bits per heavy atom. The number of nitrogens with one attached hydrogen (secondary N) is 3. The predicted octanol–water partition coefficient (Wildman–Crippen LogP) is 2.40. The second-order valence-corrected chi connectivity index (χ2v) is 5.09. The van der Waals surface area contributed by atoms with E-state index < -0.39 is 18.5 Å². The summed E-state index contributed by atoms with van der Waals surface area (Å²) in [7, 11) is 0. The third-order valence-corrected chi connectivity index (χ3v) is 2.87. The Balaban J connectivity index is 1.85. The van der Waals surface area contributed by atoms with Crippen LogP contribution in [-0.4, -0.2) is 40.1 Å². The number of nitrogens with zero attached hydrogens (tertiary/aromatic N) is 3. The highest BCUT2D eigenvalue weighted by molar-refractivity contribution is 5.76. The number of rotatable bonds is 7. The van der Waals surface area contributed by atoms with Crippen LogP contribution in [0.25, 0.3) is 0 Å². The first-order valence-corrected chi connectivity index (χ1v) is 7.43. The summed E-state index contributed by atoms with van der Waals surface area (Å²) >= 11 is 0. The van der Waals surface area contributed by atoms with Crippen molar-refractivity contribution in [3.63, 3.8) is 0 Å². The minimum atomic E-state index is -4.51. The van der Waals surface area contributed by atoms with E-state index in [1.165, 1.54) is 0 Å². The molecule has 7 nitrogen and oxygen atoms in total. The Kier molecular flexibility index (Phi) is 6.09. The summed E-state index contributed by atoms with van der Waals surface area (Å²) in [5.41, 5.74) is 0. The molecule has 3 N–H and O–H groups in total. The molecule has 0 saturated carbocycles. The van der Waals surface area contributed by atoms with Crippen molar-refractivity contribution in [2.75, 3.05) is 23.7 Å². The molecule has 0 fully saturated rings. The number of carbonyl (C=O) groups excluding carboxylic acids is 1. The van der Waals surface area contributed by atoms with Crippen molar-refractivity contribution in [1.82, 2.24) is 20.3 Å². The van der Waals surface area contributed by atoms with Crippen molar-refractivity contribution >= 4 is 23.4 Å². The maximum Gasteiger partial charge on any atom is 0.397 e. The lowest BCUT2D eigenvalue weighted by Gasteiger charge is -2.11. The first-order chi connectivity index (χ1) is 11.8. The maximum absolute atomic E-state index is 12.0. The SMILES string of the molecule is Cc1nc(NCCNC(=O)CC(F)(F)F)cc(Nc2ccccn2)n1. The van der Waals surface area contributed by atoms with Crippen molar-refractivity contribution in [3.8, 4) is 0 Å². The molecule has 2 aromatic heterocycles. The number of pyridine rings is 1. The van der Waals surface area contributed by atoms with E-state index in [0.29, 0.717) is 23.3 Å². The number of hydrogen-bond donors (Lipinski definition) is 3. The van der Waals surface area contributed by atoms with E-state index in [1.807, 2.05) is 6.07 Å². The van der Waals surface area contributed by atoms with Crippen LogP contribution >= 0.6 is 0 Å². The van der Waals surface area contributed by atoms with Crippen molar-refractivity contribution < 1.29 is 18.0 Å². The number of aromatic nitrogens is 3. The van der Waals surface area contributed by atoms with Crippen molar-refractivity contribution in [1.29, 1.82) is 0 Å². The van der Waals surface area contributed by atoms with Gasteiger partial charge >= 0.3 is 6.18 Å². The monoisotopic (exact) mass is 354 g/mol. The number of hydrogen-bond acceptors (Lipinski definition) is 6. The molecule has 0 aromatic carbocycles. The highest BCUT2D eigenvalue weighted by Crippen LogP contribution is 2.18. The van der Waals surface area contributed by atoms with E-state index in [0.717, 1.165) is 0 Å². The molecule has 0 saturated heterocycles. The summed E-state index contributed by atoms with van der Waals surface area (Å²) in [5, 5.41) is 8.13. The lowest BCUT2D eigenvalue weighted by Crippen LogP contribution is -2.32. The van der Waals surface area contributed by atoms with Crippen LogP contribution in [0.2, 0.25) is 0 Å². The van der Waals surface area contributed by atoms with Crippen LogP contribution in [0, 0.1) is 6.92 Å². The fourth-order valence-electron chi connectivity index (χ4n) is 1.93. The quantitative estimate of drug-likeness (QED) is 0.662. The Hall–Kier alpha value is -2.91. The van der Waals surface area contributed by atoms with Gasteiger partial charge in [0.15, 0.2) is 0 Å². The van der Waals surface area contributed by atoms with Gasteiger partial charge in [0.05, 0.1) is 0 Å². The third kappa shape index (κ3) is 7.02. The second-order valence-electron chi connectivity index (χ2n) is 5.09. The fourth-order valence-corrected chi connectivity index (χ4v) is 1.93. The molecule has 0 atom stereocenters. The highest BCUT2D eigenvalue weighted by atomic mass is 19.4. The number of amides is 1. The summed E-state index contributed by atoms with van der Waals surface area (Å²) < 4.78 is 36.1. The lowest BCUT2D eigenvalue weighted by atomic mass is 10.4. The van der Waals surface area contributed by atoms with Gasteiger partial charge in [-0.25, -0.2) is 15.0 Å². The molecule has 2 heterocycles. The molecule has 2 rings (SSSR count). The van der Waals surface area contributed by atoms with Gasteiger partial charge in [0, 0.05) is 25.4 Å². The van der Waals surface area contributed by atoms with Gasteiger partial charge in [0.25, 0.3) is 0 Å². The molecule has 0 aliphatic rings. The fraction of sp³-hybridized carbons (Fsp3) is 0.333. The molecule has 1 amide bonds. The van der Waals surface area contributed by atoms with Gasteiger partial charge < -0.3 is 16.0 Å².